The first-order valence-corrected chi connectivity index (χ1v) is 5.67. The van der Waals surface area contributed by atoms with Crippen LogP contribution in [0.3, 0.4) is 0 Å². The highest BCUT2D eigenvalue weighted by Crippen LogP contribution is 2.09. The van der Waals surface area contributed by atoms with E-state index in [1.807, 2.05) is 6.92 Å². The second-order valence-electron chi connectivity index (χ2n) is 4.00. The lowest BCUT2D eigenvalue weighted by Gasteiger charge is -2.19. The van der Waals surface area contributed by atoms with Gasteiger partial charge < -0.3 is 0 Å². The van der Waals surface area contributed by atoms with Crippen LogP contribution < -0.4 is 16.5 Å². The minimum absolute atomic E-state index is 0.271. The summed E-state index contributed by atoms with van der Waals surface area (Å²) < 4.78 is 3.40. The van der Waals surface area contributed by atoms with Gasteiger partial charge >= 0.3 is 0 Å². The molecule has 3 rings (SSSR count). The maximum atomic E-state index is 11.8. The maximum Gasteiger partial charge on any atom is 0.280 e. The smallest absolute Gasteiger partial charge is 0.280 e. The summed E-state index contributed by atoms with van der Waals surface area (Å²) in [4.78, 5) is 22.7. The fourth-order valence-electron chi connectivity index (χ4n) is 1.97. The van der Waals surface area contributed by atoms with Gasteiger partial charge in [-0.25, -0.2) is 25.6 Å². The molecule has 0 aliphatic rings. The van der Waals surface area contributed by atoms with Crippen molar-refractivity contribution in [1.82, 2.24) is 24.0 Å². The molecule has 3 heterocycles. The van der Waals surface area contributed by atoms with E-state index in [0.717, 1.165) is 6.42 Å². The maximum absolute atomic E-state index is 11.8. The molecule has 0 amide bonds. The van der Waals surface area contributed by atoms with E-state index in [9.17, 15) is 4.79 Å². The van der Waals surface area contributed by atoms with Crippen LogP contribution in [-0.2, 0) is 0 Å². The van der Waals surface area contributed by atoms with Crippen molar-refractivity contribution in [3.8, 4) is 0 Å². The van der Waals surface area contributed by atoms with E-state index in [4.69, 9.17) is 5.84 Å². The fourth-order valence-corrected chi connectivity index (χ4v) is 1.97. The van der Waals surface area contributed by atoms with Crippen LogP contribution in [0.15, 0.2) is 23.5 Å². The molecule has 0 saturated heterocycles. The van der Waals surface area contributed by atoms with E-state index in [1.165, 1.54) is 11.4 Å². The lowest BCUT2D eigenvalue weighted by Crippen LogP contribution is -2.41. The summed E-state index contributed by atoms with van der Waals surface area (Å²) in [5.74, 6) is 6.41. The van der Waals surface area contributed by atoms with Gasteiger partial charge in [-0.2, -0.15) is 0 Å². The summed E-state index contributed by atoms with van der Waals surface area (Å²) in [6.07, 6.45) is 5.80. The van der Waals surface area contributed by atoms with E-state index >= 15 is 0 Å². The number of fused-ring (bicyclic) bond motifs is 3. The molecule has 18 heavy (non-hydrogen) atoms. The Kier molecular flexibility index (Phi) is 2.30. The highest BCUT2D eigenvalue weighted by Gasteiger charge is 2.13. The zero-order chi connectivity index (χ0) is 12.7. The van der Waals surface area contributed by atoms with Crippen LogP contribution in [0, 0.1) is 0 Å². The summed E-state index contributed by atoms with van der Waals surface area (Å²) in [6.45, 7) is 2.69. The molecule has 8 nitrogen and oxygen atoms in total. The van der Waals surface area contributed by atoms with Gasteiger partial charge in [0.25, 0.3) is 5.56 Å². The van der Waals surface area contributed by atoms with Gasteiger partial charge in [-0.15, -0.1) is 0 Å². The second-order valence-corrected chi connectivity index (χ2v) is 4.00. The fraction of sp³-hybridized carbons (Fsp3) is 0.300. The third-order valence-electron chi connectivity index (χ3n) is 2.76. The van der Waals surface area contributed by atoms with Crippen LogP contribution >= 0.6 is 0 Å². The number of nitrogens with zero attached hydrogens (tertiary/aromatic N) is 5. The van der Waals surface area contributed by atoms with Crippen molar-refractivity contribution >= 4 is 16.9 Å². The molecule has 94 valence electrons. The molecule has 0 atom stereocenters. The van der Waals surface area contributed by atoms with Gasteiger partial charge in [-0.05, 0) is 6.42 Å². The minimum Gasteiger partial charge on any atom is -0.290 e. The quantitative estimate of drug-likeness (QED) is 0.484. The first-order valence-electron chi connectivity index (χ1n) is 5.67. The Morgan fingerprint density at radius 3 is 3.11 bits per heavy atom. The molecule has 8 heteroatoms. The Hall–Kier alpha value is -2.35. The Balaban J connectivity index is 2.37. The van der Waals surface area contributed by atoms with Gasteiger partial charge in [0.05, 0.1) is 6.54 Å². The number of hydrogen-bond acceptors (Lipinski definition) is 5. The normalized spacial score (nSPS) is 11.4. The molecule has 3 aromatic heterocycles. The van der Waals surface area contributed by atoms with Crippen molar-refractivity contribution in [1.29, 1.82) is 0 Å². The summed E-state index contributed by atoms with van der Waals surface area (Å²) in [5, 5.41) is 1.52. The SMILES string of the molecule is CCCN(N)n1cnc2c(=O)[nH]c3nccn3c21. The van der Waals surface area contributed by atoms with Gasteiger partial charge in [0, 0.05) is 12.4 Å². The van der Waals surface area contributed by atoms with Crippen LogP contribution in [-0.4, -0.2) is 30.6 Å². The molecule has 0 unspecified atom stereocenters. The Morgan fingerprint density at radius 1 is 1.50 bits per heavy atom. The number of aromatic amines is 1. The number of nitrogens with one attached hydrogen (secondary N) is 1. The predicted octanol–water partition coefficient (Wildman–Crippen LogP) is -0.406. The van der Waals surface area contributed by atoms with Gasteiger partial charge in [-0.1, -0.05) is 6.92 Å². The minimum atomic E-state index is -0.271. The summed E-state index contributed by atoms with van der Waals surface area (Å²) >= 11 is 0. The van der Waals surface area contributed by atoms with Crippen LogP contribution in [0.4, 0.5) is 0 Å². The molecule has 3 N–H and O–H groups in total. The molecular formula is C10H13N7O. The number of hydrazine groups is 1. The van der Waals surface area contributed by atoms with Crippen molar-refractivity contribution in [3.05, 3.63) is 29.1 Å². The van der Waals surface area contributed by atoms with E-state index in [1.54, 1.807) is 21.5 Å². The molecule has 0 aliphatic carbocycles. The molecule has 0 saturated carbocycles. The van der Waals surface area contributed by atoms with Crippen molar-refractivity contribution in [2.75, 3.05) is 11.7 Å². The largest absolute Gasteiger partial charge is 0.290 e. The average Bonchev–Trinajstić information content (AvgIpc) is 2.93. The highest BCUT2D eigenvalue weighted by molar-refractivity contribution is 5.72. The van der Waals surface area contributed by atoms with E-state index in [2.05, 4.69) is 15.0 Å². The van der Waals surface area contributed by atoms with Gasteiger partial charge in [0.2, 0.25) is 5.78 Å². The van der Waals surface area contributed by atoms with Crippen LogP contribution in [0.25, 0.3) is 16.9 Å². The van der Waals surface area contributed by atoms with Gasteiger partial charge in [0.15, 0.2) is 11.2 Å². The number of hydrogen-bond donors (Lipinski definition) is 2. The summed E-state index contributed by atoms with van der Waals surface area (Å²) in [5.41, 5.74) is 0.682. The first-order chi connectivity index (χ1) is 8.72. The Morgan fingerprint density at radius 2 is 2.33 bits per heavy atom. The van der Waals surface area contributed by atoms with Crippen molar-refractivity contribution in [2.24, 2.45) is 5.84 Å². The summed E-state index contributed by atoms with van der Waals surface area (Å²) in [6, 6.07) is 0. The molecule has 0 radical (unpaired) electrons. The molecule has 0 bridgehead atoms. The first kappa shape index (κ1) is 10.8. The van der Waals surface area contributed by atoms with E-state index < -0.39 is 0 Å². The number of aromatic nitrogens is 5. The molecular weight excluding hydrogens is 234 g/mol. The molecule has 0 fully saturated rings. The molecule has 0 aromatic carbocycles. The van der Waals surface area contributed by atoms with Crippen molar-refractivity contribution in [2.45, 2.75) is 13.3 Å². The highest BCUT2D eigenvalue weighted by atomic mass is 16.1. The van der Waals surface area contributed by atoms with Crippen molar-refractivity contribution < 1.29 is 0 Å². The number of imidazole rings is 2. The number of nitrogens with two attached hydrogens (primary N) is 1. The lowest BCUT2D eigenvalue weighted by molar-refractivity contribution is 0.604. The number of rotatable bonds is 3. The average molecular weight is 247 g/mol. The van der Waals surface area contributed by atoms with Crippen molar-refractivity contribution in [3.63, 3.8) is 0 Å². The van der Waals surface area contributed by atoms with Gasteiger partial charge in [0.1, 0.15) is 6.33 Å². The topological polar surface area (TPSA) is 97.2 Å². The Labute approximate surface area is 102 Å². The monoisotopic (exact) mass is 247 g/mol. The zero-order valence-electron chi connectivity index (χ0n) is 9.87. The Bertz CT molecular complexity index is 752. The second kappa shape index (κ2) is 3.84. The van der Waals surface area contributed by atoms with E-state index in [-0.39, 0.29) is 5.56 Å². The standard InChI is InChI=1S/C10H13N7O/c1-2-4-17(11)16-6-13-7-8(18)14-10-12-3-5-15(10)9(7)16/h3,5-6H,2,4,11H2,1H3,(H,12,14,18). The third kappa shape index (κ3) is 1.39. The van der Waals surface area contributed by atoms with Crippen LogP contribution in [0.5, 0.6) is 0 Å². The van der Waals surface area contributed by atoms with E-state index in [0.29, 0.717) is 23.5 Å². The molecule has 0 spiro atoms. The molecule has 0 aliphatic heterocycles. The predicted molar refractivity (Wildman–Crippen MR) is 66.7 cm³/mol. The van der Waals surface area contributed by atoms with Crippen LogP contribution in [0.2, 0.25) is 0 Å². The number of H-pyrrole nitrogens is 1. The lowest BCUT2D eigenvalue weighted by atomic mass is 10.5. The third-order valence-corrected chi connectivity index (χ3v) is 2.76. The van der Waals surface area contributed by atoms with Crippen LogP contribution in [0.1, 0.15) is 13.3 Å². The van der Waals surface area contributed by atoms with Gasteiger partial charge in [-0.3, -0.25) is 14.2 Å². The summed E-state index contributed by atoms with van der Waals surface area (Å²) in [7, 11) is 0. The zero-order valence-corrected chi connectivity index (χ0v) is 9.87. The molecule has 3 aromatic rings.